The van der Waals surface area contributed by atoms with Gasteiger partial charge in [-0.25, -0.2) is 0 Å². The summed E-state index contributed by atoms with van der Waals surface area (Å²) in [5.74, 6) is -0.686. The summed E-state index contributed by atoms with van der Waals surface area (Å²) in [7, 11) is 1.72. The van der Waals surface area contributed by atoms with Crippen molar-refractivity contribution in [3.63, 3.8) is 0 Å². The van der Waals surface area contributed by atoms with Crippen LogP contribution >= 0.6 is 0 Å². The van der Waals surface area contributed by atoms with Crippen LogP contribution in [0, 0.1) is 27.3 Å². The molecule has 7 heteroatoms. The summed E-state index contributed by atoms with van der Waals surface area (Å²) in [5.41, 5.74) is -1.19. The summed E-state index contributed by atoms with van der Waals surface area (Å²) >= 11 is 0. The first-order valence-corrected chi connectivity index (χ1v) is 6.20. The van der Waals surface area contributed by atoms with Crippen LogP contribution in [-0.4, -0.2) is 23.6 Å². The van der Waals surface area contributed by atoms with Crippen LogP contribution in [0.4, 0.5) is 10.1 Å². The summed E-state index contributed by atoms with van der Waals surface area (Å²) in [6.45, 7) is 0. The van der Waals surface area contributed by atoms with Gasteiger partial charge in [0, 0.05) is 18.6 Å². The molecule has 0 radical (unpaired) electrons. The molecular weight excluding hydrogens is 265 g/mol. The summed E-state index contributed by atoms with van der Waals surface area (Å²) in [4.78, 5) is 9.74. The first kappa shape index (κ1) is 14.2. The molecule has 1 aliphatic carbocycles. The van der Waals surface area contributed by atoms with Gasteiger partial charge in [0.2, 0.25) is 5.82 Å². The number of hydrogen-bond acceptors (Lipinski definition) is 5. The van der Waals surface area contributed by atoms with Gasteiger partial charge in [-0.3, -0.25) is 10.1 Å². The third-order valence-corrected chi connectivity index (χ3v) is 3.58. The van der Waals surface area contributed by atoms with Crippen LogP contribution < -0.4 is 10.1 Å². The maximum absolute atomic E-state index is 13.5. The Bertz CT molecular complexity index is 572. The maximum Gasteiger partial charge on any atom is 0.305 e. The van der Waals surface area contributed by atoms with Crippen LogP contribution in [0.2, 0.25) is 0 Å². The Kier molecular flexibility index (Phi) is 3.86. The van der Waals surface area contributed by atoms with Gasteiger partial charge in [0.1, 0.15) is 17.4 Å². The standard InChI is InChI=1S/C13H14FN3O3/c1-16-13(8-15)5-4-10(7-13)20-9-2-3-12(17(18)19)11(14)6-9/h2-3,6,10,16H,4-5,7H2,1H3. The van der Waals surface area contributed by atoms with Crippen LogP contribution in [0.1, 0.15) is 19.3 Å². The lowest BCUT2D eigenvalue weighted by Crippen LogP contribution is -2.39. The molecule has 1 N–H and O–H groups in total. The van der Waals surface area contributed by atoms with Crippen molar-refractivity contribution in [2.75, 3.05) is 7.05 Å². The fourth-order valence-electron chi connectivity index (χ4n) is 2.39. The van der Waals surface area contributed by atoms with Crippen molar-refractivity contribution < 1.29 is 14.1 Å². The van der Waals surface area contributed by atoms with E-state index < -0.39 is 22.0 Å². The third kappa shape index (κ3) is 2.70. The van der Waals surface area contributed by atoms with Gasteiger partial charge < -0.3 is 10.1 Å². The van der Waals surface area contributed by atoms with Gasteiger partial charge in [-0.1, -0.05) is 0 Å². The van der Waals surface area contributed by atoms with E-state index in [-0.39, 0.29) is 11.9 Å². The molecule has 0 saturated heterocycles. The van der Waals surface area contributed by atoms with Crippen LogP contribution in [0.15, 0.2) is 18.2 Å². The van der Waals surface area contributed by atoms with Crippen LogP contribution in [-0.2, 0) is 0 Å². The molecule has 6 nitrogen and oxygen atoms in total. The van der Waals surface area contributed by atoms with Crippen LogP contribution in [0.25, 0.3) is 0 Å². The van der Waals surface area contributed by atoms with Crippen molar-refractivity contribution in [1.29, 1.82) is 5.26 Å². The Morgan fingerprint density at radius 1 is 1.65 bits per heavy atom. The number of benzene rings is 1. The zero-order valence-corrected chi connectivity index (χ0v) is 10.9. The minimum Gasteiger partial charge on any atom is -0.490 e. The number of nitrogens with zero attached hydrogens (tertiary/aromatic N) is 2. The highest BCUT2D eigenvalue weighted by Crippen LogP contribution is 2.33. The van der Waals surface area contributed by atoms with Crippen molar-refractivity contribution in [3.8, 4) is 11.8 Å². The summed E-state index contributed by atoms with van der Waals surface area (Å²) in [5, 5.41) is 22.6. The van der Waals surface area contributed by atoms with Crippen molar-refractivity contribution in [2.45, 2.75) is 30.9 Å². The van der Waals surface area contributed by atoms with E-state index in [9.17, 15) is 14.5 Å². The second kappa shape index (κ2) is 5.43. The van der Waals surface area contributed by atoms with E-state index in [0.717, 1.165) is 12.1 Å². The number of nitro groups is 1. The highest BCUT2D eigenvalue weighted by molar-refractivity contribution is 5.38. The number of nitrogens with one attached hydrogen (secondary N) is 1. The van der Waals surface area contributed by atoms with Gasteiger partial charge in [0.05, 0.1) is 11.0 Å². The van der Waals surface area contributed by atoms with Gasteiger partial charge >= 0.3 is 5.69 Å². The van der Waals surface area contributed by atoms with Gasteiger partial charge in [-0.15, -0.1) is 0 Å². The zero-order valence-electron chi connectivity index (χ0n) is 10.9. The molecule has 106 valence electrons. The molecule has 0 bridgehead atoms. The number of ether oxygens (including phenoxy) is 1. The second-order valence-electron chi connectivity index (χ2n) is 4.80. The molecule has 0 spiro atoms. The Morgan fingerprint density at radius 2 is 2.40 bits per heavy atom. The molecule has 1 aromatic rings. The van der Waals surface area contributed by atoms with E-state index in [4.69, 9.17) is 10.00 Å². The molecule has 1 aromatic carbocycles. The van der Waals surface area contributed by atoms with Gasteiger partial charge in [0.15, 0.2) is 0 Å². The molecule has 1 aliphatic rings. The highest BCUT2D eigenvalue weighted by Gasteiger charge is 2.39. The summed E-state index contributed by atoms with van der Waals surface area (Å²) in [6, 6.07) is 5.67. The van der Waals surface area contributed by atoms with E-state index in [1.807, 2.05) is 0 Å². The zero-order chi connectivity index (χ0) is 14.8. The molecular formula is C13H14FN3O3. The molecule has 0 aromatic heterocycles. The minimum atomic E-state index is -0.925. The Morgan fingerprint density at radius 3 is 2.90 bits per heavy atom. The molecule has 1 saturated carbocycles. The second-order valence-corrected chi connectivity index (χ2v) is 4.80. The SMILES string of the molecule is CNC1(C#N)CCC(Oc2ccc([N+](=O)[O-])c(F)c2)C1. The van der Waals surface area contributed by atoms with E-state index in [2.05, 4.69) is 11.4 Å². The molecule has 1 fully saturated rings. The fraction of sp³-hybridized carbons (Fsp3) is 0.462. The number of rotatable bonds is 4. The summed E-state index contributed by atoms with van der Waals surface area (Å²) in [6.07, 6.45) is 1.62. The highest BCUT2D eigenvalue weighted by atomic mass is 19.1. The average Bonchev–Trinajstić information content (AvgIpc) is 2.82. The average molecular weight is 279 g/mol. The predicted molar refractivity (Wildman–Crippen MR) is 68.7 cm³/mol. The maximum atomic E-state index is 13.5. The van der Waals surface area contributed by atoms with Crippen molar-refractivity contribution >= 4 is 5.69 Å². The number of hydrogen-bond donors (Lipinski definition) is 1. The predicted octanol–water partition coefficient (Wildman–Crippen LogP) is 2.15. The molecule has 0 amide bonds. The quantitative estimate of drug-likeness (QED) is 0.674. The van der Waals surface area contributed by atoms with Crippen LogP contribution in [0.3, 0.4) is 0 Å². The Labute approximate surface area is 115 Å². The number of nitro benzene ring substituents is 1. The Balaban J connectivity index is 2.07. The molecule has 0 heterocycles. The smallest absolute Gasteiger partial charge is 0.305 e. The topological polar surface area (TPSA) is 88.2 Å². The lowest BCUT2D eigenvalue weighted by molar-refractivity contribution is -0.387. The number of halogens is 1. The lowest BCUT2D eigenvalue weighted by Gasteiger charge is -2.20. The monoisotopic (exact) mass is 279 g/mol. The lowest BCUT2D eigenvalue weighted by atomic mass is 10.0. The molecule has 0 aliphatic heterocycles. The van der Waals surface area contributed by atoms with Crippen molar-refractivity contribution in [1.82, 2.24) is 5.32 Å². The van der Waals surface area contributed by atoms with Crippen molar-refractivity contribution in [2.24, 2.45) is 0 Å². The van der Waals surface area contributed by atoms with Gasteiger partial charge in [0.25, 0.3) is 0 Å². The molecule has 20 heavy (non-hydrogen) atoms. The first-order valence-electron chi connectivity index (χ1n) is 6.20. The largest absolute Gasteiger partial charge is 0.490 e. The van der Waals surface area contributed by atoms with Gasteiger partial charge in [-0.05, 0) is 26.0 Å². The minimum absolute atomic E-state index is 0.206. The van der Waals surface area contributed by atoms with Gasteiger partial charge in [-0.2, -0.15) is 9.65 Å². The normalized spacial score (nSPS) is 25.1. The van der Waals surface area contributed by atoms with Crippen LogP contribution in [0.5, 0.6) is 5.75 Å². The molecule has 2 atom stereocenters. The third-order valence-electron chi connectivity index (χ3n) is 3.58. The van der Waals surface area contributed by atoms with E-state index >= 15 is 0 Å². The van der Waals surface area contributed by atoms with E-state index in [1.165, 1.54) is 6.07 Å². The first-order chi connectivity index (χ1) is 9.49. The van der Waals surface area contributed by atoms with E-state index in [1.54, 1.807) is 7.05 Å². The van der Waals surface area contributed by atoms with E-state index in [0.29, 0.717) is 19.3 Å². The molecule has 2 unspecified atom stereocenters. The number of nitriles is 1. The fourth-order valence-corrected chi connectivity index (χ4v) is 2.39. The Hall–Kier alpha value is -2.20. The summed E-state index contributed by atoms with van der Waals surface area (Å²) < 4.78 is 19.1. The molecule has 2 rings (SSSR count). The van der Waals surface area contributed by atoms with Crippen molar-refractivity contribution in [3.05, 3.63) is 34.1 Å².